The molecule has 508 valence electrons. The Morgan fingerprint density at radius 1 is 0.483 bits per heavy atom. The van der Waals surface area contributed by atoms with Crippen LogP contribution in [0.15, 0.2) is 12.2 Å². The number of hydrogen-bond acceptors (Lipinski definition) is 13. The van der Waals surface area contributed by atoms with Gasteiger partial charge in [-0.05, 0) is 100 Å². The van der Waals surface area contributed by atoms with E-state index in [0.717, 1.165) is 9.80 Å². The molecule has 0 aromatic rings. The lowest BCUT2D eigenvalue weighted by atomic mass is 9.91. The van der Waals surface area contributed by atoms with Crippen molar-refractivity contribution in [1.82, 2.24) is 55.6 Å². The minimum absolute atomic E-state index is 0.0250. The molecule has 11 amide bonds. The fraction of sp³-hybridized carbons (Fsp3) is 0.781. The molecule has 1 aliphatic heterocycles. The third-order valence-electron chi connectivity index (χ3n) is 16.5. The quantitative estimate of drug-likeness (QED) is 0.108. The number of carbonyl (C=O) groups excluding carboxylic acids is 11. The van der Waals surface area contributed by atoms with Gasteiger partial charge in [-0.15, -0.1) is 0 Å². The van der Waals surface area contributed by atoms with Gasteiger partial charge in [-0.3, -0.25) is 57.5 Å². The number of hydrogen-bond donors (Lipinski definition) is 6. The van der Waals surface area contributed by atoms with Crippen LogP contribution >= 0.6 is 0 Å². The third-order valence-corrected chi connectivity index (χ3v) is 16.5. The van der Waals surface area contributed by atoms with E-state index in [4.69, 9.17) is 0 Å². The summed E-state index contributed by atoms with van der Waals surface area (Å²) in [5.74, 6) is -11.4. The maximum atomic E-state index is 15.2. The summed E-state index contributed by atoms with van der Waals surface area (Å²) in [6.45, 7) is 27.1. The highest BCUT2D eigenvalue weighted by molar-refractivity contribution is 5.99. The molecule has 0 saturated carbocycles. The molecule has 0 spiro atoms. The van der Waals surface area contributed by atoms with Gasteiger partial charge in [0.05, 0.1) is 12.6 Å². The van der Waals surface area contributed by atoms with Crippen LogP contribution in [-0.2, 0) is 57.5 Å². The molecular weight excluding hydrogens is 1150 g/mol. The second kappa shape index (κ2) is 36.9. The lowest BCUT2D eigenvalue weighted by molar-refractivity contribution is -0.157. The van der Waals surface area contributed by atoms with Crippen molar-refractivity contribution in [1.29, 1.82) is 0 Å². The molecular formula is C64H113N11O14. The summed E-state index contributed by atoms with van der Waals surface area (Å²) in [5.41, 5.74) is 0. The lowest BCUT2D eigenvalue weighted by Crippen LogP contribution is -2.63. The Bertz CT molecular complexity index is 2470. The Balaban J connectivity index is 4.35. The molecule has 1 aliphatic rings. The summed E-state index contributed by atoms with van der Waals surface area (Å²) in [5, 5.41) is 32.3. The lowest BCUT2D eigenvalue weighted by Gasteiger charge is -2.41. The van der Waals surface area contributed by atoms with Gasteiger partial charge in [-0.1, -0.05) is 109 Å². The number of aliphatic carboxylic acids is 1. The molecule has 1 saturated heterocycles. The fourth-order valence-corrected chi connectivity index (χ4v) is 11.0. The molecule has 1 unspecified atom stereocenters. The summed E-state index contributed by atoms with van der Waals surface area (Å²) in [6, 6.07) is -12.7. The minimum atomic E-state index is -1.71. The van der Waals surface area contributed by atoms with Crippen LogP contribution in [-0.4, -0.2) is 238 Å². The zero-order valence-corrected chi connectivity index (χ0v) is 57.8. The molecule has 12 atom stereocenters. The number of aliphatic hydroxyl groups is 1. The Hall–Kier alpha value is -6.66. The van der Waals surface area contributed by atoms with Crippen LogP contribution in [0.25, 0.3) is 0 Å². The fourth-order valence-electron chi connectivity index (χ4n) is 11.0. The monoisotopic (exact) mass is 1260 g/mol. The van der Waals surface area contributed by atoms with Gasteiger partial charge in [0.25, 0.3) is 0 Å². The number of carboxylic acids is 1. The first-order valence-corrected chi connectivity index (χ1v) is 31.7. The first-order chi connectivity index (χ1) is 41.1. The normalized spacial score (nSPS) is 26.2. The number of nitrogens with zero attached hydrogens (tertiary/aromatic N) is 7. The second-order valence-electron chi connectivity index (χ2n) is 26.9. The molecule has 0 bridgehead atoms. The van der Waals surface area contributed by atoms with E-state index in [0.29, 0.717) is 0 Å². The van der Waals surface area contributed by atoms with Gasteiger partial charge < -0.3 is 65.8 Å². The van der Waals surface area contributed by atoms with Crippen molar-refractivity contribution in [3.05, 3.63) is 12.2 Å². The Morgan fingerprint density at radius 3 is 1.37 bits per heavy atom. The predicted octanol–water partition coefficient (Wildman–Crippen LogP) is 3.11. The van der Waals surface area contributed by atoms with Crippen molar-refractivity contribution in [3.8, 4) is 0 Å². The van der Waals surface area contributed by atoms with Crippen molar-refractivity contribution < 1.29 is 67.7 Å². The number of likely N-dealkylation sites (N-methyl/N-ethyl adjacent to an activating group) is 7. The number of carbonyl (C=O) groups is 12. The van der Waals surface area contributed by atoms with Crippen molar-refractivity contribution in [2.75, 3.05) is 55.9 Å². The smallest absolute Gasteiger partial charge is 0.303 e. The molecule has 1 fully saturated rings. The molecule has 0 aromatic heterocycles. The van der Waals surface area contributed by atoms with Gasteiger partial charge in [0.1, 0.15) is 60.4 Å². The number of rotatable bonds is 18. The molecule has 0 radical (unpaired) electrons. The molecule has 0 aromatic carbocycles. The SMILES string of the molecule is CCC1NC(=O)[C@H]([C@H](O)[C@H](C)C/C=C/CCC(=O)O)N(C)C(=O)[C@H](C(C)C)N(C)C(=O)[C@H](CC(C)C)N(C)C(=O)[C@H](CC(C)C)N(C)C(=O)[C@@H](C)NC(=O)[C@H](C)NC(=O)[C@H](CC(C)C)N(C)C(=O)[C@H](C(C)C)NC(=O)[C@H](CC(C)C)N(C)C(=O)CN(C)C1=O. The van der Waals surface area contributed by atoms with Gasteiger partial charge in [-0.25, -0.2) is 0 Å². The standard InChI is InChI=1S/C64H113N11O14/c1-24-44-60(85)69(17)34-49(76)70(18)45(30-35(2)3)57(82)68-51(39(10)11)63(88)71(19)46(31-36(4)5)56(81)65-42(15)55(80)66-43(16)59(84)72(20)47(32-37(6)7)61(86)73(21)48(33-38(8)9)62(87)74(22)52(40(12)13)64(89)75(23)53(58(83)67-44)54(79)41(14)28-26-25-27-29-50(77)78/h25-26,35-48,51-54,79H,24,27-34H2,1-23H3,(H,65,81)(H,66,80)(H,67,83)(H,68,82)(H,77,78)/b26-25+/t41-,42+,43-,44?,45+,46+,47+,48+,51+,52+,53+,54-/m1/s1. The number of aliphatic hydroxyl groups excluding tert-OH is 1. The predicted molar refractivity (Wildman–Crippen MR) is 340 cm³/mol. The van der Waals surface area contributed by atoms with E-state index in [1.807, 2.05) is 55.4 Å². The number of nitrogens with one attached hydrogen (secondary N) is 4. The maximum absolute atomic E-state index is 15.2. The van der Waals surface area contributed by atoms with Crippen LogP contribution in [0, 0.1) is 41.4 Å². The van der Waals surface area contributed by atoms with Crippen molar-refractivity contribution in [3.63, 3.8) is 0 Å². The molecule has 6 N–H and O–H groups in total. The number of carboxylic acid groups (broad SMARTS) is 1. The van der Waals surface area contributed by atoms with Crippen LogP contribution in [0.2, 0.25) is 0 Å². The molecule has 1 heterocycles. The van der Waals surface area contributed by atoms with Crippen molar-refractivity contribution >= 4 is 70.9 Å². The van der Waals surface area contributed by atoms with Gasteiger partial charge in [0.15, 0.2) is 0 Å². The van der Waals surface area contributed by atoms with Crippen LogP contribution in [0.5, 0.6) is 0 Å². The van der Waals surface area contributed by atoms with Crippen LogP contribution < -0.4 is 21.3 Å². The molecule has 25 nitrogen and oxygen atoms in total. The van der Waals surface area contributed by atoms with E-state index in [1.165, 1.54) is 87.7 Å². The minimum Gasteiger partial charge on any atom is -0.481 e. The molecule has 25 heteroatoms. The first-order valence-electron chi connectivity index (χ1n) is 31.7. The average Bonchev–Trinajstić information content (AvgIpc) is 0.957. The Morgan fingerprint density at radius 2 is 0.910 bits per heavy atom. The van der Waals surface area contributed by atoms with Crippen LogP contribution in [0.3, 0.4) is 0 Å². The zero-order chi connectivity index (χ0) is 69.0. The highest BCUT2D eigenvalue weighted by Gasteiger charge is 2.46. The number of allylic oxidation sites excluding steroid dienone is 2. The Kier molecular flexibility index (Phi) is 33.3. The van der Waals surface area contributed by atoms with E-state index < -0.39 is 162 Å². The summed E-state index contributed by atoms with van der Waals surface area (Å²) < 4.78 is 0. The van der Waals surface area contributed by atoms with Crippen LogP contribution in [0.4, 0.5) is 0 Å². The summed E-state index contributed by atoms with van der Waals surface area (Å²) in [7, 11) is 9.74. The summed E-state index contributed by atoms with van der Waals surface area (Å²) in [6.07, 6.45) is 2.34. The summed E-state index contributed by atoms with van der Waals surface area (Å²) in [4.78, 5) is 180. The molecule has 0 aliphatic carbocycles. The third kappa shape index (κ3) is 23.6. The highest BCUT2D eigenvalue weighted by Crippen LogP contribution is 2.26. The van der Waals surface area contributed by atoms with Gasteiger partial charge in [0, 0.05) is 55.8 Å². The van der Waals surface area contributed by atoms with Gasteiger partial charge in [-0.2, -0.15) is 0 Å². The zero-order valence-electron chi connectivity index (χ0n) is 57.8. The van der Waals surface area contributed by atoms with Crippen LogP contribution in [0.1, 0.15) is 162 Å². The average molecular weight is 1260 g/mol. The largest absolute Gasteiger partial charge is 0.481 e. The molecule has 89 heavy (non-hydrogen) atoms. The Labute approximate surface area is 530 Å². The van der Waals surface area contributed by atoms with E-state index in [1.54, 1.807) is 53.7 Å². The van der Waals surface area contributed by atoms with Crippen molar-refractivity contribution in [2.45, 2.75) is 229 Å². The van der Waals surface area contributed by atoms with E-state index >= 15 is 9.59 Å². The van der Waals surface area contributed by atoms with Gasteiger partial charge >= 0.3 is 5.97 Å². The second-order valence-corrected chi connectivity index (χ2v) is 26.9. The first kappa shape index (κ1) is 80.4. The highest BCUT2D eigenvalue weighted by atomic mass is 16.4. The molecule has 1 rings (SSSR count). The maximum Gasteiger partial charge on any atom is 0.303 e. The topological polar surface area (TPSA) is 316 Å². The van der Waals surface area contributed by atoms with E-state index in [9.17, 15) is 58.2 Å². The van der Waals surface area contributed by atoms with E-state index in [-0.39, 0.29) is 75.0 Å². The van der Waals surface area contributed by atoms with Gasteiger partial charge in [0.2, 0.25) is 65.0 Å². The summed E-state index contributed by atoms with van der Waals surface area (Å²) >= 11 is 0. The number of amides is 11. The van der Waals surface area contributed by atoms with E-state index in [2.05, 4.69) is 21.3 Å². The van der Waals surface area contributed by atoms with Crippen molar-refractivity contribution in [2.24, 2.45) is 41.4 Å².